The summed E-state index contributed by atoms with van der Waals surface area (Å²) in [6.07, 6.45) is 7.70. The van der Waals surface area contributed by atoms with E-state index in [0.717, 1.165) is 6.42 Å². The van der Waals surface area contributed by atoms with E-state index in [1.165, 1.54) is 17.6 Å². The Labute approximate surface area is 146 Å². The number of rotatable bonds is 2. The third kappa shape index (κ3) is 2.75. The molecule has 1 nitrogen and oxygen atoms in total. The third-order valence-corrected chi connectivity index (χ3v) is 29.1. The van der Waals surface area contributed by atoms with Crippen LogP contribution in [0.4, 0.5) is 0 Å². The summed E-state index contributed by atoms with van der Waals surface area (Å²) in [7, 11) is 0. The molecule has 0 unspecified atom stereocenters. The van der Waals surface area contributed by atoms with Crippen molar-refractivity contribution in [2.45, 2.75) is 34.2 Å². The molecule has 0 aliphatic heterocycles. The molecule has 0 bridgehead atoms. The summed E-state index contributed by atoms with van der Waals surface area (Å²) in [4.78, 5) is 3.76. The molecule has 0 amide bonds. The van der Waals surface area contributed by atoms with Gasteiger partial charge in [-0.05, 0) is 0 Å². The number of benzene rings is 1. The zero-order valence-corrected chi connectivity index (χ0v) is 19.9. The number of hydrogen-bond donors (Lipinski definition) is 1. The van der Waals surface area contributed by atoms with E-state index in [1.807, 2.05) is 0 Å². The quantitative estimate of drug-likeness (QED) is 0.506. The first-order chi connectivity index (χ1) is 9.32. The molecule has 0 atom stereocenters. The van der Waals surface area contributed by atoms with Gasteiger partial charge in [0.15, 0.2) is 0 Å². The molecule has 2 aromatic rings. The molecule has 3 rings (SSSR count). The molecule has 0 radical (unpaired) electrons. The maximum atomic E-state index is 5.20. The van der Waals surface area contributed by atoms with E-state index >= 15 is 0 Å². The summed E-state index contributed by atoms with van der Waals surface area (Å²) < 4.78 is 22.6. The fourth-order valence-corrected chi connectivity index (χ4v) is 17.4. The number of halogens is 2. The van der Waals surface area contributed by atoms with Gasteiger partial charge < -0.3 is 0 Å². The summed E-state index contributed by atoms with van der Waals surface area (Å²) >= 11 is -5.46. The number of allylic oxidation sites excluding steroid dienone is 4. The maximum absolute atomic E-state index is 5.46. The van der Waals surface area contributed by atoms with Crippen LogP contribution in [0.25, 0.3) is 10.9 Å². The second-order valence-electron chi connectivity index (χ2n) is 16.7. The van der Waals surface area contributed by atoms with E-state index in [-0.39, 0.29) is 24.8 Å². The van der Waals surface area contributed by atoms with Crippen molar-refractivity contribution in [2.24, 2.45) is 0 Å². The van der Waals surface area contributed by atoms with Crippen LogP contribution in [-0.2, 0) is 12.4 Å². The molecule has 1 heterocycles. The van der Waals surface area contributed by atoms with Crippen LogP contribution in [0, 0.1) is 0 Å². The fraction of sp³-hybridized carbons (Fsp3) is 0.350. The van der Waals surface area contributed by atoms with E-state index in [0.29, 0.717) is 0 Å². The van der Waals surface area contributed by atoms with Gasteiger partial charge in [0.1, 0.15) is 0 Å². The Morgan fingerprint density at radius 2 is 1.54 bits per heavy atom. The minimum absolute atomic E-state index is 0. The Morgan fingerprint density at radius 3 is 2.04 bits per heavy atom. The first-order valence-electron chi connectivity index (χ1n) is 8.48. The van der Waals surface area contributed by atoms with Crippen LogP contribution in [-0.4, -0.2) is 9.20 Å². The van der Waals surface area contributed by atoms with E-state index < -0.39 is 12.4 Å². The number of nitrogens with one attached hydrogen (secondary N) is 1. The molecule has 136 valence electrons. The van der Waals surface area contributed by atoms with Gasteiger partial charge in [0.05, 0.1) is 0 Å². The Balaban J connectivity index is 0.00000144. The minimum atomic E-state index is -5.46. The van der Waals surface area contributed by atoms with Gasteiger partial charge in [0.2, 0.25) is 0 Å². The average molecular weight is 450 g/mol. The van der Waals surface area contributed by atoms with E-state index in [4.69, 9.17) is 4.21 Å². The van der Waals surface area contributed by atoms with Crippen LogP contribution in [0.3, 0.4) is 0 Å². The van der Waals surface area contributed by atoms with Crippen molar-refractivity contribution in [2.75, 3.05) is 0 Å². The Morgan fingerprint density at radius 1 is 0.958 bits per heavy atom. The van der Waals surface area contributed by atoms with Crippen LogP contribution in [0.15, 0.2) is 51.8 Å². The van der Waals surface area contributed by atoms with Crippen molar-refractivity contribution in [1.29, 1.82) is 0 Å². The van der Waals surface area contributed by atoms with Gasteiger partial charge in [-0.25, -0.2) is 0 Å². The molecule has 24 heavy (non-hydrogen) atoms. The molecule has 1 aliphatic carbocycles. The molecule has 1 aromatic carbocycles. The normalized spacial score (nSPS) is 23.1. The standard InChI is InChI=1S/C8H6N.C5H5.6CH3.CH2.2ClH.Zr/c1-2-4-8-7(3-1)5-6-9-8;1-2-4-5-3-1;;;;;;;;;;/h1-5,9H;1-3H,4H2;6*1H3;1H2;2*1H;. The monoisotopic (exact) mass is 447 g/mol. The van der Waals surface area contributed by atoms with Gasteiger partial charge >= 0.3 is 122 Å². The van der Waals surface area contributed by atoms with Gasteiger partial charge in [-0.15, -0.1) is 24.8 Å². The molecule has 0 saturated heterocycles. The number of para-hydroxylation sites is 1. The van der Waals surface area contributed by atoms with E-state index in [2.05, 4.69) is 81.3 Å². The Bertz CT molecular complexity index is 1060. The number of H-pyrrole nitrogens is 1. The Hall–Kier alpha value is -0.427. The number of hydrogen-bond acceptors (Lipinski definition) is 0. The number of aromatic amines is 1. The van der Waals surface area contributed by atoms with Gasteiger partial charge in [0.25, 0.3) is 0 Å². The zero-order chi connectivity index (χ0) is 16.7. The van der Waals surface area contributed by atoms with Crippen LogP contribution in [0.5, 0.6) is 0 Å². The molecule has 1 N–H and O–H groups in total. The van der Waals surface area contributed by atoms with E-state index in [9.17, 15) is 0 Å². The summed E-state index contributed by atoms with van der Waals surface area (Å²) in [6, 6.07) is 10.8. The van der Waals surface area contributed by atoms with Crippen LogP contribution in [0.1, 0.15) is 6.42 Å². The van der Waals surface area contributed by atoms with Gasteiger partial charge in [-0.1, -0.05) is 0 Å². The molecule has 0 fully saturated rings. The van der Waals surface area contributed by atoms with Gasteiger partial charge in [-0.2, -0.15) is 0 Å². The number of aromatic nitrogens is 1. The molecule has 1 aromatic heterocycles. The third-order valence-electron chi connectivity index (χ3n) is 6.56. The summed E-state index contributed by atoms with van der Waals surface area (Å²) in [5, 5.41) is 1.25. The van der Waals surface area contributed by atoms with Gasteiger partial charge in [-0.3, -0.25) is 0 Å². The SMILES string of the molecule is Cl.Cl.[CH2]=[Zr]([CH3])([CH3])([CH3])([CH3])([CH3])([CH3])([C]1=CC=CC1)[c]1cc2ccccc2[nH]1. The second kappa shape index (κ2) is 3.17. The van der Waals surface area contributed by atoms with Crippen molar-refractivity contribution in [1.82, 2.24) is 4.98 Å². The van der Waals surface area contributed by atoms with Crippen molar-refractivity contribution in [3.05, 3.63) is 51.8 Å². The number of fused-ring (bicyclic) bond motifs is 1. The van der Waals surface area contributed by atoms with E-state index in [1.54, 1.807) is 0 Å². The first kappa shape index (κ1) is 21.6. The molecule has 0 spiro atoms. The predicted octanol–water partition coefficient (Wildman–Crippen LogP) is 7.03. The average Bonchev–Trinajstić information content (AvgIpc) is 2.97. The summed E-state index contributed by atoms with van der Waals surface area (Å²) in [5.74, 6) is 0. The Kier molecular flexibility index (Phi) is 2.85. The summed E-state index contributed by atoms with van der Waals surface area (Å²) in [6.45, 7) is 0. The van der Waals surface area contributed by atoms with Crippen LogP contribution in [0.2, 0.25) is 27.8 Å². The zero-order valence-electron chi connectivity index (χ0n) is 15.8. The van der Waals surface area contributed by atoms with Gasteiger partial charge in [0, 0.05) is 0 Å². The molecule has 4 heteroatoms. The van der Waals surface area contributed by atoms with Crippen molar-refractivity contribution in [3.8, 4) is 0 Å². The second-order valence-corrected chi connectivity index (χ2v) is 84.0. The van der Waals surface area contributed by atoms with Crippen LogP contribution >= 0.6 is 24.8 Å². The predicted molar refractivity (Wildman–Crippen MR) is 117 cm³/mol. The topological polar surface area (TPSA) is 15.8 Å². The van der Waals surface area contributed by atoms with Crippen molar-refractivity contribution < 1.29 is 12.4 Å². The first-order valence-corrected chi connectivity index (χ1v) is 27.4. The summed E-state index contributed by atoms with van der Waals surface area (Å²) in [5.41, 5.74) is 1.18. The van der Waals surface area contributed by atoms with Crippen molar-refractivity contribution >= 4 is 43.3 Å². The molecule has 0 saturated carbocycles. The fourth-order valence-electron chi connectivity index (χ4n) is 4.00. The van der Waals surface area contributed by atoms with Crippen molar-refractivity contribution in [3.63, 3.8) is 0 Å². The molecular formula is C20H33Cl2NZr. The molecular weight excluding hydrogens is 416 g/mol. The van der Waals surface area contributed by atoms with Crippen LogP contribution < -0.4 is 3.40 Å². The molecule has 1 aliphatic rings.